The molecule has 0 bridgehead atoms. The Hall–Kier alpha value is -2.41. The number of para-hydroxylation sites is 2. The molecule has 25 heavy (non-hydrogen) atoms. The first-order valence-electron chi connectivity index (χ1n) is 8.50. The van der Waals surface area contributed by atoms with Gasteiger partial charge in [0.15, 0.2) is 0 Å². The van der Waals surface area contributed by atoms with Crippen LogP contribution in [0.5, 0.6) is 0 Å². The summed E-state index contributed by atoms with van der Waals surface area (Å²) in [6, 6.07) is 7.64. The van der Waals surface area contributed by atoms with Crippen molar-refractivity contribution in [1.82, 2.24) is 20.2 Å². The van der Waals surface area contributed by atoms with Gasteiger partial charge in [0.2, 0.25) is 11.8 Å². The van der Waals surface area contributed by atoms with Crippen molar-refractivity contribution in [2.45, 2.75) is 33.4 Å². The molecule has 0 unspecified atom stereocenters. The molecule has 0 fully saturated rings. The number of carbonyl (C=O) groups is 2. The van der Waals surface area contributed by atoms with Crippen molar-refractivity contribution in [3.05, 3.63) is 30.1 Å². The number of hydrogen-bond acceptors (Lipinski definition) is 4. The summed E-state index contributed by atoms with van der Waals surface area (Å²) >= 11 is 0. The molecule has 2 N–H and O–H groups in total. The molecule has 0 aliphatic carbocycles. The highest BCUT2D eigenvalue weighted by molar-refractivity contribution is 5.81. The van der Waals surface area contributed by atoms with Crippen molar-refractivity contribution in [3.63, 3.8) is 0 Å². The van der Waals surface area contributed by atoms with Gasteiger partial charge in [-0.3, -0.25) is 9.59 Å². The fourth-order valence-electron chi connectivity index (χ4n) is 2.45. The average molecular weight is 346 g/mol. The maximum atomic E-state index is 12.2. The minimum absolute atomic E-state index is 0.0392. The van der Waals surface area contributed by atoms with E-state index in [1.807, 2.05) is 42.7 Å². The van der Waals surface area contributed by atoms with Gasteiger partial charge in [0, 0.05) is 26.2 Å². The highest BCUT2D eigenvalue weighted by Gasteiger charge is 2.15. The lowest BCUT2D eigenvalue weighted by molar-refractivity contribution is -0.124. The summed E-state index contributed by atoms with van der Waals surface area (Å²) in [7, 11) is 1.64. The smallest absolute Gasteiger partial charge is 0.240 e. The van der Waals surface area contributed by atoms with Crippen LogP contribution in [0, 0.1) is 5.92 Å². The Kier molecular flexibility index (Phi) is 6.94. The van der Waals surface area contributed by atoms with E-state index in [9.17, 15) is 9.59 Å². The largest absolute Gasteiger partial charge is 0.385 e. The predicted molar refractivity (Wildman–Crippen MR) is 95.9 cm³/mol. The zero-order chi connectivity index (χ0) is 18.2. The normalized spacial score (nSPS) is 11.0. The van der Waals surface area contributed by atoms with Gasteiger partial charge in [-0.15, -0.1) is 0 Å². The minimum Gasteiger partial charge on any atom is -0.385 e. The number of benzene rings is 1. The van der Waals surface area contributed by atoms with E-state index in [4.69, 9.17) is 4.74 Å². The molecule has 1 aromatic heterocycles. The maximum Gasteiger partial charge on any atom is 0.240 e. The molecule has 2 rings (SSSR count). The highest BCUT2D eigenvalue weighted by Crippen LogP contribution is 2.16. The molecule has 0 aliphatic rings. The van der Waals surface area contributed by atoms with E-state index in [0.717, 1.165) is 17.5 Å². The Morgan fingerprint density at radius 2 is 2.00 bits per heavy atom. The van der Waals surface area contributed by atoms with Gasteiger partial charge in [0.05, 0.1) is 17.6 Å². The van der Waals surface area contributed by atoms with Crippen LogP contribution in [-0.4, -0.2) is 41.6 Å². The Morgan fingerprint density at radius 1 is 1.24 bits per heavy atom. The first-order chi connectivity index (χ1) is 12.0. The van der Waals surface area contributed by atoms with Crippen molar-refractivity contribution in [2.24, 2.45) is 5.92 Å². The second-order valence-corrected chi connectivity index (χ2v) is 6.17. The van der Waals surface area contributed by atoms with Crippen LogP contribution in [0.15, 0.2) is 24.3 Å². The Labute approximate surface area is 147 Å². The lowest BCUT2D eigenvalue weighted by Crippen LogP contribution is -2.31. The number of hydrogen-bond donors (Lipinski definition) is 2. The van der Waals surface area contributed by atoms with Gasteiger partial charge >= 0.3 is 0 Å². The monoisotopic (exact) mass is 346 g/mol. The first-order valence-corrected chi connectivity index (χ1v) is 8.50. The van der Waals surface area contributed by atoms with Crippen LogP contribution in [0.1, 0.15) is 26.1 Å². The third-order valence-electron chi connectivity index (χ3n) is 3.83. The average Bonchev–Trinajstić information content (AvgIpc) is 2.94. The third-order valence-corrected chi connectivity index (χ3v) is 3.83. The van der Waals surface area contributed by atoms with E-state index in [0.29, 0.717) is 25.5 Å². The van der Waals surface area contributed by atoms with E-state index in [-0.39, 0.29) is 24.3 Å². The fourth-order valence-corrected chi connectivity index (χ4v) is 2.45. The van der Waals surface area contributed by atoms with Crippen molar-refractivity contribution >= 4 is 22.8 Å². The van der Waals surface area contributed by atoms with Crippen LogP contribution in [0.4, 0.5) is 0 Å². The molecule has 136 valence electrons. The number of fused-ring (bicyclic) bond motifs is 1. The number of carbonyl (C=O) groups excluding carboxylic acids is 2. The van der Waals surface area contributed by atoms with Gasteiger partial charge in [0.1, 0.15) is 12.4 Å². The van der Waals surface area contributed by atoms with Crippen molar-refractivity contribution in [2.75, 3.05) is 20.3 Å². The number of nitrogens with zero attached hydrogens (tertiary/aromatic N) is 2. The number of rotatable bonds is 9. The van der Waals surface area contributed by atoms with E-state index < -0.39 is 0 Å². The molecule has 0 radical (unpaired) electrons. The number of amides is 2. The maximum absolute atomic E-state index is 12.2. The molecule has 7 heteroatoms. The first kappa shape index (κ1) is 18.9. The zero-order valence-corrected chi connectivity index (χ0v) is 15.0. The minimum atomic E-state index is -0.0955. The molecule has 0 aliphatic heterocycles. The standard InChI is InChI=1S/C18H26N4O3/c1-13(2)18(24)20-11-16-21-14-7-4-5-8-15(14)22(16)12-17(23)19-9-6-10-25-3/h4-5,7-8,13H,6,9-12H2,1-3H3,(H,19,23)(H,20,24). The molecule has 7 nitrogen and oxygen atoms in total. The van der Waals surface area contributed by atoms with Gasteiger partial charge in [0.25, 0.3) is 0 Å². The van der Waals surface area contributed by atoms with Crippen LogP contribution in [0.2, 0.25) is 0 Å². The molecule has 1 aromatic carbocycles. The van der Waals surface area contributed by atoms with Gasteiger partial charge in [-0.1, -0.05) is 26.0 Å². The van der Waals surface area contributed by atoms with Crippen LogP contribution in [-0.2, 0) is 27.4 Å². The summed E-state index contributed by atoms with van der Waals surface area (Å²) in [5.74, 6) is 0.447. The van der Waals surface area contributed by atoms with E-state index in [1.165, 1.54) is 0 Å². The second kappa shape index (κ2) is 9.17. The SMILES string of the molecule is COCCCNC(=O)Cn1c(CNC(=O)C(C)C)nc2ccccc21. The molecule has 0 saturated carbocycles. The summed E-state index contributed by atoms with van der Waals surface area (Å²) in [5, 5.41) is 5.74. The summed E-state index contributed by atoms with van der Waals surface area (Å²) in [5.41, 5.74) is 1.69. The quantitative estimate of drug-likeness (QED) is 0.673. The summed E-state index contributed by atoms with van der Waals surface area (Å²) in [4.78, 5) is 28.6. The predicted octanol–water partition coefficient (Wildman–Crippen LogP) is 1.46. The molecule has 1 heterocycles. The molecule has 2 amide bonds. The number of ether oxygens (including phenoxy) is 1. The lowest BCUT2D eigenvalue weighted by atomic mass is 10.2. The molecule has 0 atom stereocenters. The molecular formula is C18H26N4O3. The molecular weight excluding hydrogens is 320 g/mol. The van der Waals surface area contributed by atoms with Gasteiger partial charge in [-0.2, -0.15) is 0 Å². The van der Waals surface area contributed by atoms with Gasteiger partial charge in [-0.25, -0.2) is 4.98 Å². The van der Waals surface area contributed by atoms with Crippen LogP contribution >= 0.6 is 0 Å². The van der Waals surface area contributed by atoms with E-state index >= 15 is 0 Å². The summed E-state index contributed by atoms with van der Waals surface area (Å²) in [6.45, 7) is 5.32. The van der Waals surface area contributed by atoms with E-state index in [1.54, 1.807) is 7.11 Å². The van der Waals surface area contributed by atoms with Crippen LogP contribution in [0.25, 0.3) is 11.0 Å². The topological polar surface area (TPSA) is 85.2 Å². The van der Waals surface area contributed by atoms with Crippen LogP contribution < -0.4 is 10.6 Å². The van der Waals surface area contributed by atoms with Crippen molar-refractivity contribution in [1.29, 1.82) is 0 Å². The van der Waals surface area contributed by atoms with Gasteiger partial charge in [-0.05, 0) is 18.6 Å². The molecule has 0 spiro atoms. The highest BCUT2D eigenvalue weighted by atomic mass is 16.5. The Morgan fingerprint density at radius 3 is 2.72 bits per heavy atom. The second-order valence-electron chi connectivity index (χ2n) is 6.17. The molecule has 0 saturated heterocycles. The summed E-state index contributed by atoms with van der Waals surface area (Å²) < 4.78 is 6.82. The zero-order valence-electron chi connectivity index (χ0n) is 15.0. The third kappa shape index (κ3) is 5.29. The Balaban J connectivity index is 2.11. The van der Waals surface area contributed by atoms with Gasteiger partial charge < -0.3 is 19.9 Å². The summed E-state index contributed by atoms with van der Waals surface area (Å²) in [6.07, 6.45) is 0.768. The Bertz CT molecular complexity index is 724. The number of methoxy groups -OCH3 is 1. The number of aromatic nitrogens is 2. The fraction of sp³-hybridized carbons (Fsp3) is 0.500. The van der Waals surface area contributed by atoms with Crippen molar-refractivity contribution in [3.8, 4) is 0 Å². The molecule has 2 aromatic rings. The lowest BCUT2D eigenvalue weighted by Gasteiger charge is -2.11. The van der Waals surface area contributed by atoms with Crippen LogP contribution in [0.3, 0.4) is 0 Å². The number of nitrogens with one attached hydrogen (secondary N) is 2. The van der Waals surface area contributed by atoms with Crippen molar-refractivity contribution < 1.29 is 14.3 Å². The number of imidazole rings is 1. The van der Waals surface area contributed by atoms with E-state index in [2.05, 4.69) is 15.6 Å².